The van der Waals surface area contributed by atoms with Gasteiger partial charge in [-0.15, -0.1) is 0 Å². The summed E-state index contributed by atoms with van der Waals surface area (Å²) in [5.41, 5.74) is 3.13. The van der Waals surface area contributed by atoms with Crippen molar-refractivity contribution < 1.29 is 23.8 Å². The first-order chi connectivity index (χ1) is 16.5. The summed E-state index contributed by atoms with van der Waals surface area (Å²) in [7, 11) is 4.75. The van der Waals surface area contributed by atoms with E-state index in [2.05, 4.69) is 15.5 Å². The molecule has 178 valence electrons. The van der Waals surface area contributed by atoms with Crippen LogP contribution < -0.4 is 14.8 Å². The second-order valence-electron chi connectivity index (χ2n) is 7.61. The monoisotopic (exact) mass is 482 g/mol. The second-order valence-corrected chi connectivity index (χ2v) is 8.00. The molecule has 9 nitrogen and oxygen atoms in total. The Morgan fingerprint density at radius 2 is 1.97 bits per heavy atom. The van der Waals surface area contributed by atoms with Gasteiger partial charge in [0.05, 0.1) is 32.4 Å². The molecule has 2 heterocycles. The number of ether oxygens (including phenoxy) is 3. The van der Waals surface area contributed by atoms with Crippen LogP contribution in [0.15, 0.2) is 52.7 Å². The van der Waals surface area contributed by atoms with Crippen molar-refractivity contribution in [1.29, 1.82) is 0 Å². The number of nitrogens with zero attached hydrogens (tertiary/aromatic N) is 3. The first-order valence-corrected chi connectivity index (χ1v) is 11.0. The number of aromatic nitrogens is 2. The molecule has 0 spiro atoms. The highest BCUT2D eigenvalue weighted by Crippen LogP contribution is 2.39. The molecule has 10 heteroatoms. The third kappa shape index (κ3) is 4.55. The highest BCUT2D eigenvalue weighted by Gasteiger charge is 2.34. The van der Waals surface area contributed by atoms with Crippen LogP contribution in [0.2, 0.25) is 0 Å². The Bertz CT molecular complexity index is 1230. The lowest BCUT2D eigenvalue weighted by Gasteiger charge is -2.37. The number of benzene rings is 2. The van der Waals surface area contributed by atoms with Gasteiger partial charge in [0.1, 0.15) is 5.75 Å². The molecule has 0 aliphatic carbocycles. The number of aromatic hydroxyl groups is 1. The molecule has 1 atom stereocenters. The zero-order chi connectivity index (χ0) is 24.2. The van der Waals surface area contributed by atoms with Crippen LogP contribution in [-0.4, -0.2) is 59.7 Å². The summed E-state index contributed by atoms with van der Waals surface area (Å²) in [6.45, 7) is 2.98. The van der Waals surface area contributed by atoms with Crippen molar-refractivity contribution in [3.05, 3.63) is 59.6 Å². The maximum absolute atomic E-state index is 10.4. The number of hydrogen-bond donors (Lipinski definition) is 2. The maximum atomic E-state index is 10.4. The molecule has 0 saturated carbocycles. The molecular formula is C24H26N4O5S. The largest absolute Gasteiger partial charge is 0.504 e. The maximum Gasteiger partial charge on any atom is 0.258 e. The minimum absolute atomic E-state index is 0.0223. The smallest absolute Gasteiger partial charge is 0.258 e. The number of rotatable bonds is 8. The Balaban J connectivity index is 1.80. The molecule has 0 fully saturated rings. The van der Waals surface area contributed by atoms with Crippen molar-refractivity contribution in [2.24, 2.45) is 0 Å². The fraction of sp³-hybridized carbons (Fsp3) is 0.292. The highest BCUT2D eigenvalue weighted by molar-refractivity contribution is 7.80. The van der Waals surface area contributed by atoms with Crippen LogP contribution in [0.3, 0.4) is 0 Å². The summed E-state index contributed by atoms with van der Waals surface area (Å²) >= 11 is 5.65. The molecule has 2 N–H and O–H groups in total. The van der Waals surface area contributed by atoms with E-state index in [0.29, 0.717) is 41.5 Å². The van der Waals surface area contributed by atoms with Crippen molar-refractivity contribution in [3.63, 3.8) is 0 Å². The lowest BCUT2D eigenvalue weighted by Crippen LogP contribution is -2.47. The van der Waals surface area contributed by atoms with Gasteiger partial charge in [0.2, 0.25) is 5.82 Å². The van der Waals surface area contributed by atoms with E-state index in [1.165, 1.54) is 7.11 Å². The molecule has 1 aromatic heterocycles. The van der Waals surface area contributed by atoms with E-state index >= 15 is 0 Å². The molecule has 4 rings (SSSR count). The van der Waals surface area contributed by atoms with Gasteiger partial charge in [0.25, 0.3) is 5.89 Å². The zero-order valence-electron chi connectivity index (χ0n) is 19.4. The molecule has 0 bridgehead atoms. The SMILES string of the molecule is COCCN1C(=S)NC(c2ccc(OC)c(O)c2)C(c2nc(-c3cccc(OC)c3)no2)=C1C. The molecule has 1 unspecified atom stereocenters. The zero-order valence-corrected chi connectivity index (χ0v) is 20.2. The Kier molecular flexibility index (Phi) is 6.99. The predicted octanol–water partition coefficient (Wildman–Crippen LogP) is 3.77. The molecule has 0 amide bonds. The third-order valence-corrected chi connectivity index (χ3v) is 5.97. The topological polar surface area (TPSA) is 102 Å². The van der Waals surface area contributed by atoms with Crippen LogP contribution in [0.1, 0.15) is 24.4 Å². The van der Waals surface area contributed by atoms with Gasteiger partial charge in [-0.05, 0) is 49.0 Å². The molecule has 34 heavy (non-hydrogen) atoms. The average Bonchev–Trinajstić information content (AvgIpc) is 3.33. The van der Waals surface area contributed by atoms with Crippen molar-refractivity contribution in [2.45, 2.75) is 13.0 Å². The average molecular weight is 483 g/mol. The van der Waals surface area contributed by atoms with Gasteiger partial charge in [-0.25, -0.2) is 0 Å². The van der Waals surface area contributed by atoms with E-state index in [9.17, 15) is 5.11 Å². The molecule has 3 aromatic rings. The minimum Gasteiger partial charge on any atom is -0.504 e. The summed E-state index contributed by atoms with van der Waals surface area (Å²) in [6, 6.07) is 12.2. The van der Waals surface area contributed by atoms with Crippen molar-refractivity contribution in [1.82, 2.24) is 20.4 Å². The quantitative estimate of drug-likeness (QED) is 0.461. The van der Waals surface area contributed by atoms with Crippen LogP contribution in [0.25, 0.3) is 17.0 Å². The van der Waals surface area contributed by atoms with Crippen molar-refractivity contribution in [2.75, 3.05) is 34.5 Å². The van der Waals surface area contributed by atoms with E-state index in [1.54, 1.807) is 26.4 Å². The normalized spacial score (nSPS) is 15.9. The number of methoxy groups -OCH3 is 3. The van der Waals surface area contributed by atoms with E-state index in [0.717, 1.165) is 22.4 Å². The number of thiocarbonyl (C=S) groups is 1. The fourth-order valence-corrected chi connectivity index (χ4v) is 4.21. The predicted molar refractivity (Wildman–Crippen MR) is 131 cm³/mol. The summed E-state index contributed by atoms with van der Waals surface area (Å²) in [4.78, 5) is 6.62. The fourth-order valence-electron chi connectivity index (χ4n) is 3.86. The van der Waals surface area contributed by atoms with Gasteiger partial charge in [0.15, 0.2) is 16.6 Å². The Hall–Kier alpha value is -3.63. The molecule has 2 aromatic carbocycles. The van der Waals surface area contributed by atoms with Gasteiger partial charge in [-0.1, -0.05) is 23.4 Å². The number of phenols is 1. The van der Waals surface area contributed by atoms with Gasteiger partial charge in [-0.3, -0.25) is 0 Å². The third-order valence-electron chi connectivity index (χ3n) is 5.64. The van der Waals surface area contributed by atoms with E-state index in [-0.39, 0.29) is 5.75 Å². The summed E-state index contributed by atoms with van der Waals surface area (Å²) < 4.78 is 21.5. The number of hydrogen-bond acceptors (Lipinski definition) is 8. The first-order valence-electron chi connectivity index (χ1n) is 10.6. The van der Waals surface area contributed by atoms with Gasteiger partial charge < -0.3 is 34.1 Å². The van der Waals surface area contributed by atoms with Gasteiger partial charge in [0, 0.05) is 24.9 Å². The van der Waals surface area contributed by atoms with Crippen LogP contribution in [0.5, 0.6) is 17.2 Å². The van der Waals surface area contributed by atoms with E-state index < -0.39 is 6.04 Å². The van der Waals surface area contributed by atoms with Crippen LogP contribution >= 0.6 is 12.2 Å². The lowest BCUT2D eigenvalue weighted by molar-refractivity contribution is 0.183. The molecule has 1 aliphatic rings. The number of allylic oxidation sites excluding steroid dienone is 1. The number of nitrogens with one attached hydrogen (secondary N) is 1. The van der Waals surface area contributed by atoms with Gasteiger partial charge in [-0.2, -0.15) is 4.98 Å². The molecular weight excluding hydrogens is 456 g/mol. The molecule has 1 aliphatic heterocycles. The van der Waals surface area contributed by atoms with Crippen molar-refractivity contribution >= 4 is 22.9 Å². The van der Waals surface area contributed by atoms with Crippen LogP contribution in [0, 0.1) is 0 Å². The summed E-state index contributed by atoms with van der Waals surface area (Å²) in [6.07, 6.45) is 0. The second kappa shape index (κ2) is 10.1. The van der Waals surface area contributed by atoms with Crippen molar-refractivity contribution in [3.8, 4) is 28.6 Å². The highest BCUT2D eigenvalue weighted by atomic mass is 32.1. The first kappa shape index (κ1) is 23.5. The molecule has 0 saturated heterocycles. The van der Waals surface area contributed by atoms with Crippen LogP contribution in [-0.2, 0) is 4.74 Å². The Labute approximate surface area is 202 Å². The summed E-state index contributed by atoms with van der Waals surface area (Å²) in [5, 5.41) is 18.5. The van der Waals surface area contributed by atoms with Gasteiger partial charge >= 0.3 is 0 Å². The Morgan fingerprint density at radius 1 is 1.15 bits per heavy atom. The minimum atomic E-state index is -0.429. The van der Waals surface area contributed by atoms with E-state index in [1.807, 2.05) is 42.2 Å². The summed E-state index contributed by atoms with van der Waals surface area (Å²) in [5.74, 6) is 1.87. The van der Waals surface area contributed by atoms with E-state index in [4.69, 9.17) is 31.0 Å². The lowest BCUT2D eigenvalue weighted by atomic mass is 9.94. The standard InChI is InChI=1S/C24H26N4O5S/c1-14-20(23-26-22(27-33-23)16-6-5-7-17(12-16)31-3)21(25-24(34)28(14)10-11-30-2)15-8-9-19(32-4)18(29)13-15/h5-9,12-13,21,29H,10-11H2,1-4H3,(H,25,34). The Morgan fingerprint density at radius 3 is 2.68 bits per heavy atom. The molecule has 0 radical (unpaired) electrons. The number of phenolic OH excluding ortho intramolecular Hbond substituents is 1. The van der Waals surface area contributed by atoms with Crippen LogP contribution in [0.4, 0.5) is 0 Å².